The zero-order valence-corrected chi connectivity index (χ0v) is 12.4. The number of oxime groups is 1. The quantitative estimate of drug-likeness (QED) is 0.385. The van der Waals surface area contributed by atoms with Crippen LogP contribution < -0.4 is 10.5 Å². The predicted octanol–water partition coefficient (Wildman–Crippen LogP) is 3.50. The molecule has 0 heterocycles. The van der Waals surface area contributed by atoms with Crippen molar-refractivity contribution in [3.05, 3.63) is 28.2 Å². The van der Waals surface area contributed by atoms with Crippen molar-refractivity contribution in [2.75, 3.05) is 6.61 Å². The van der Waals surface area contributed by atoms with E-state index in [-0.39, 0.29) is 5.84 Å². The van der Waals surface area contributed by atoms with E-state index in [1.165, 1.54) is 32.1 Å². The van der Waals surface area contributed by atoms with Crippen molar-refractivity contribution in [1.82, 2.24) is 0 Å². The van der Waals surface area contributed by atoms with E-state index in [1.807, 2.05) is 18.2 Å². The molecule has 4 nitrogen and oxygen atoms in total. The van der Waals surface area contributed by atoms with E-state index >= 15 is 0 Å². The van der Waals surface area contributed by atoms with Crippen LogP contribution in [0.25, 0.3) is 0 Å². The van der Waals surface area contributed by atoms with Crippen LogP contribution in [0.2, 0.25) is 0 Å². The van der Waals surface area contributed by atoms with Crippen molar-refractivity contribution < 1.29 is 9.94 Å². The Hall–Kier alpha value is -1.23. The van der Waals surface area contributed by atoms with Crippen LogP contribution in [0, 0.1) is 5.92 Å². The molecule has 1 saturated carbocycles. The molecule has 1 aliphatic carbocycles. The highest BCUT2D eigenvalue weighted by Gasteiger charge is 2.17. The molecule has 0 spiro atoms. The summed E-state index contributed by atoms with van der Waals surface area (Å²) >= 11 is 3.40. The molecule has 3 N–H and O–H groups in total. The summed E-state index contributed by atoms with van der Waals surface area (Å²) in [7, 11) is 0. The maximum Gasteiger partial charge on any atom is 0.174 e. The average molecular weight is 327 g/mol. The molecule has 0 atom stereocenters. The zero-order valence-electron chi connectivity index (χ0n) is 10.8. The number of hydrogen-bond acceptors (Lipinski definition) is 3. The van der Waals surface area contributed by atoms with E-state index in [0.717, 1.165) is 4.47 Å². The van der Waals surface area contributed by atoms with Gasteiger partial charge in [-0.1, -0.05) is 30.5 Å². The fourth-order valence-electron chi connectivity index (χ4n) is 2.48. The first-order valence-corrected chi connectivity index (χ1v) is 7.41. The maximum absolute atomic E-state index is 8.84. The highest BCUT2D eigenvalue weighted by atomic mass is 79.9. The summed E-state index contributed by atoms with van der Waals surface area (Å²) in [6.45, 7) is 0.697. The Morgan fingerprint density at radius 2 is 2.11 bits per heavy atom. The molecular weight excluding hydrogens is 308 g/mol. The van der Waals surface area contributed by atoms with Gasteiger partial charge >= 0.3 is 0 Å². The molecule has 1 aromatic rings. The normalized spacial score (nSPS) is 17.4. The molecule has 1 aliphatic rings. The lowest BCUT2D eigenvalue weighted by atomic mass is 9.90. The van der Waals surface area contributed by atoms with E-state index in [0.29, 0.717) is 23.8 Å². The fourth-order valence-corrected chi connectivity index (χ4v) is 3.04. The first-order chi connectivity index (χ1) is 9.22. The number of amidine groups is 1. The second kappa shape index (κ2) is 6.80. The molecule has 5 heteroatoms. The van der Waals surface area contributed by atoms with Gasteiger partial charge in [0.15, 0.2) is 5.84 Å². The van der Waals surface area contributed by atoms with Gasteiger partial charge in [-0.15, -0.1) is 0 Å². The molecule has 0 unspecified atom stereocenters. The van der Waals surface area contributed by atoms with Crippen molar-refractivity contribution >= 4 is 21.8 Å². The lowest BCUT2D eigenvalue weighted by Gasteiger charge is -2.22. The van der Waals surface area contributed by atoms with E-state index in [2.05, 4.69) is 21.1 Å². The minimum Gasteiger partial charge on any atom is -0.492 e. The second-order valence-corrected chi connectivity index (χ2v) is 5.77. The standard InChI is InChI=1S/C14H19BrN2O2/c15-11-7-4-8-12(13(11)14(16)17-18)19-9-10-5-2-1-3-6-10/h4,7-8,10,18H,1-3,5-6,9H2,(H2,16,17). The van der Waals surface area contributed by atoms with Crippen LogP contribution in [0.3, 0.4) is 0 Å². The van der Waals surface area contributed by atoms with Gasteiger partial charge < -0.3 is 15.7 Å². The van der Waals surface area contributed by atoms with Gasteiger partial charge in [0.2, 0.25) is 0 Å². The Bertz CT molecular complexity index is 457. The van der Waals surface area contributed by atoms with Crippen molar-refractivity contribution in [2.45, 2.75) is 32.1 Å². The molecule has 104 valence electrons. The topological polar surface area (TPSA) is 67.8 Å². The van der Waals surface area contributed by atoms with E-state index in [1.54, 1.807) is 0 Å². The van der Waals surface area contributed by atoms with Crippen molar-refractivity contribution in [1.29, 1.82) is 0 Å². The van der Waals surface area contributed by atoms with Gasteiger partial charge in [-0.2, -0.15) is 0 Å². The van der Waals surface area contributed by atoms with E-state index in [4.69, 9.17) is 15.7 Å². The fraction of sp³-hybridized carbons (Fsp3) is 0.500. The summed E-state index contributed by atoms with van der Waals surface area (Å²) in [6.07, 6.45) is 6.38. The van der Waals surface area contributed by atoms with Crippen LogP contribution in [-0.2, 0) is 0 Å². The van der Waals surface area contributed by atoms with Crippen molar-refractivity contribution in [3.63, 3.8) is 0 Å². The number of rotatable bonds is 4. The summed E-state index contributed by atoms with van der Waals surface area (Å²) in [5.74, 6) is 1.34. The predicted molar refractivity (Wildman–Crippen MR) is 78.7 cm³/mol. The van der Waals surface area contributed by atoms with Gasteiger partial charge in [0.25, 0.3) is 0 Å². The van der Waals surface area contributed by atoms with Crippen molar-refractivity contribution in [2.24, 2.45) is 16.8 Å². The first kappa shape index (κ1) is 14.2. The number of halogens is 1. The van der Waals surface area contributed by atoms with E-state index < -0.39 is 0 Å². The Balaban J connectivity index is 2.09. The highest BCUT2D eigenvalue weighted by molar-refractivity contribution is 9.10. The summed E-state index contributed by atoms with van der Waals surface area (Å²) in [5.41, 5.74) is 6.31. The van der Waals surface area contributed by atoms with Gasteiger partial charge in [-0.3, -0.25) is 0 Å². The molecule has 0 amide bonds. The second-order valence-electron chi connectivity index (χ2n) is 4.91. The monoisotopic (exact) mass is 326 g/mol. The Morgan fingerprint density at radius 1 is 1.37 bits per heavy atom. The third-order valence-electron chi connectivity index (χ3n) is 3.54. The van der Waals surface area contributed by atoms with Gasteiger partial charge in [0.1, 0.15) is 5.75 Å². The molecule has 0 aliphatic heterocycles. The number of benzene rings is 1. The lowest BCUT2D eigenvalue weighted by molar-refractivity contribution is 0.208. The van der Waals surface area contributed by atoms with Crippen LogP contribution >= 0.6 is 15.9 Å². The summed E-state index contributed by atoms with van der Waals surface area (Å²) in [6, 6.07) is 5.58. The molecule has 0 bridgehead atoms. The van der Waals surface area contributed by atoms with Crippen LogP contribution in [0.4, 0.5) is 0 Å². The molecular formula is C14H19BrN2O2. The van der Waals surface area contributed by atoms with Crippen LogP contribution in [-0.4, -0.2) is 17.6 Å². The SMILES string of the molecule is N/C(=N/O)c1c(Br)cccc1OCC1CCCCC1. The summed E-state index contributed by atoms with van der Waals surface area (Å²) < 4.78 is 6.65. The molecule has 1 fully saturated rings. The van der Waals surface area contributed by atoms with Crippen LogP contribution in [0.15, 0.2) is 27.8 Å². The Labute approximate surface area is 121 Å². The van der Waals surface area contributed by atoms with Gasteiger partial charge in [-0.05, 0) is 46.8 Å². The number of nitrogens with zero attached hydrogens (tertiary/aromatic N) is 1. The molecule has 19 heavy (non-hydrogen) atoms. The van der Waals surface area contributed by atoms with Gasteiger partial charge in [-0.25, -0.2) is 0 Å². The molecule has 2 rings (SSSR count). The first-order valence-electron chi connectivity index (χ1n) is 6.61. The third-order valence-corrected chi connectivity index (χ3v) is 4.20. The zero-order chi connectivity index (χ0) is 13.7. The average Bonchev–Trinajstić information content (AvgIpc) is 2.45. The minimum absolute atomic E-state index is 0.0612. The Morgan fingerprint density at radius 3 is 2.79 bits per heavy atom. The number of hydrogen-bond donors (Lipinski definition) is 2. The Kier molecular flexibility index (Phi) is 5.07. The lowest BCUT2D eigenvalue weighted by Crippen LogP contribution is -2.19. The van der Waals surface area contributed by atoms with E-state index in [9.17, 15) is 0 Å². The highest BCUT2D eigenvalue weighted by Crippen LogP contribution is 2.29. The molecule has 0 radical (unpaired) electrons. The third kappa shape index (κ3) is 3.62. The van der Waals surface area contributed by atoms with Gasteiger partial charge in [0.05, 0.1) is 12.2 Å². The molecule has 1 aromatic carbocycles. The van der Waals surface area contributed by atoms with Gasteiger partial charge in [0, 0.05) is 4.47 Å². The van der Waals surface area contributed by atoms with Crippen molar-refractivity contribution in [3.8, 4) is 5.75 Å². The molecule has 0 aromatic heterocycles. The number of nitrogens with two attached hydrogens (primary N) is 1. The molecule has 0 saturated heterocycles. The maximum atomic E-state index is 8.84. The van der Waals surface area contributed by atoms with Crippen LogP contribution in [0.1, 0.15) is 37.7 Å². The summed E-state index contributed by atoms with van der Waals surface area (Å²) in [5, 5.41) is 11.9. The summed E-state index contributed by atoms with van der Waals surface area (Å²) in [4.78, 5) is 0. The largest absolute Gasteiger partial charge is 0.492 e. The number of ether oxygens (including phenoxy) is 1. The smallest absolute Gasteiger partial charge is 0.174 e. The minimum atomic E-state index is 0.0612. The van der Waals surface area contributed by atoms with Crippen LogP contribution in [0.5, 0.6) is 5.75 Å².